The number of amides is 1. The fraction of sp³-hybridized carbons (Fsp3) is 0.192. The third-order valence-corrected chi connectivity index (χ3v) is 5.56. The van der Waals surface area contributed by atoms with Crippen LogP contribution >= 0.6 is 0 Å². The second kappa shape index (κ2) is 9.32. The average molecular weight is 483 g/mol. The standard InChI is InChI=1S/C26H21F4N3O2/c1-25(2,20-8-4-5-17(14-20)16-9-11-21(27)12-10-16)15-31-23(34)19-7-3-6-18(13-19)22-32-24(35-33-22)26(28,29)30/h3-14H,15H2,1-2H3,(H,31,34). The van der Waals surface area contributed by atoms with Crippen LogP contribution in [-0.2, 0) is 11.6 Å². The molecule has 180 valence electrons. The van der Waals surface area contributed by atoms with Gasteiger partial charge in [0.05, 0.1) is 0 Å². The van der Waals surface area contributed by atoms with Gasteiger partial charge in [-0.15, -0.1) is 0 Å². The Morgan fingerprint density at radius 2 is 1.60 bits per heavy atom. The smallest absolute Gasteiger partial charge is 0.351 e. The molecular formula is C26H21F4N3O2. The van der Waals surface area contributed by atoms with E-state index in [4.69, 9.17) is 0 Å². The van der Waals surface area contributed by atoms with Crippen molar-refractivity contribution in [2.75, 3.05) is 6.54 Å². The molecule has 0 spiro atoms. The molecule has 1 amide bonds. The summed E-state index contributed by atoms with van der Waals surface area (Å²) in [5.74, 6) is -2.41. The lowest BCUT2D eigenvalue weighted by Crippen LogP contribution is -2.36. The number of nitrogens with one attached hydrogen (secondary N) is 1. The molecule has 4 rings (SSSR count). The van der Waals surface area contributed by atoms with Crippen LogP contribution in [0.5, 0.6) is 0 Å². The second-order valence-electron chi connectivity index (χ2n) is 8.66. The highest BCUT2D eigenvalue weighted by Crippen LogP contribution is 2.30. The first kappa shape index (κ1) is 24.1. The summed E-state index contributed by atoms with van der Waals surface area (Å²) in [5.41, 5.74) is 2.80. The summed E-state index contributed by atoms with van der Waals surface area (Å²) in [6, 6.07) is 20.0. The van der Waals surface area contributed by atoms with Gasteiger partial charge in [-0.25, -0.2) is 4.39 Å². The highest BCUT2D eigenvalue weighted by Gasteiger charge is 2.38. The number of hydrogen-bond donors (Lipinski definition) is 1. The van der Waals surface area contributed by atoms with Crippen molar-refractivity contribution in [1.82, 2.24) is 15.5 Å². The SMILES string of the molecule is CC(C)(CNC(=O)c1cccc(-c2noc(C(F)(F)F)n2)c1)c1cccc(-c2ccc(F)cc2)c1. The molecule has 5 nitrogen and oxygen atoms in total. The van der Waals surface area contributed by atoms with Crippen LogP contribution in [0.15, 0.2) is 77.3 Å². The van der Waals surface area contributed by atoms with Crippen LogP contribution in [0.3, 0.4) is 0 Å². The Labute approximate surface area is 198 Å². The fourth-order valence-corrected chi connectivity index (χ4v) is 3.52. The van der Waals surface area contributed by atoms with Crippen LogP contribution in [0, 0.1) is 5.82 Å². The van der Waals surface area contributed by atoms with Gasteiger partial charge in [-0.1, -0.05) is 67.5 Å². The Bertz CT molecular complexity index is 1350. The quantitative estimate of drug-likeness (QED) is 0.328. The summed E-state index contributed by atoms with van der Waals surface area (Å²) in [6.07, 6.45) is -4.75. The van der Waals surface area contributed by atoms with Gasteiger partial charge >= 0.3 is 12.1 Å². The van der Waals surface area contributed by atoms with Crippen molar-refractivity contribution in [2.24, 2.45) is 0 Å². The van der Waals surface area contributed by atoms with E-state index < -0.39 is 23.4 Å². The van der Waals surface area contributed by atoms with Crippen LogP contribution in [0.1, 0.15) is 35.7 Å². The summed E-state index contributed by atoms with van der Waals surface area (Å²) in [4.78, 5) is 16.2. The number of hydrogen-bond acceptors (Lipinski definition) is 4. The topological polar surface area (TPSA) is 68.0 Å². The lowest BCUT2D eigenvalue weighted by Gasteiger charge is -2.26. The first-order chi connectivity index (χ1) is 16.5. The lowest BCUT2D eigenvalue weighted by molar-refractivity contribution is -0.159. The molecule has 1 N–H and O–H groups in total. The maximum Gasteiger partial charge on any atom is 0.471 e. The minimum absolute atomic E-state index is 0.225. The fourth-order valence-electron chi connectivity index (χ4n) is 3.52. The molecule has 0 saturated carbocycles. The van der Waals surface area contributed by atoms with Crippen molar-refractivity contribution < 1.29 is 26.9 Å². The molecule has 0 bridgehead atoms. The molecule has 0 radical (unpaired) electrons. The van der Waals surface area contributed by atoms with Gasteiger partial charge in [-0.3, -0.25) is 4.79 Å². The largest absolute Gasteiger partial charge is 0.471 e. The Balaban J connectivity index is 1.47. The van der Waals surface area contributed by atoms with Crippen molar-refractivity contribution in [1.29, 1.82) is 0 Å². The zero-order valence-electron chi connectivity index (χ0n) is 18.9. The van der Waals surface area contributed by atoms with E-state index >= 15 is 0 Å². The molecule has 0 unspecified atom stereocenters. The van der Waals surface area contributed by atoms with Crippen molar-refractivity contribution >= 4 is 5.91 Å². The molecule has 0 aliphatic heterocycles. The number of halogens is 4. The van der Waals surface area contributed by atoms with Crippen LogP contribution in [0.25, 0.3) is 22.5 Å². The van der Waals surface area contributed by atoms with Crippen LogP contribution in [0.4, 0.5) is 17.6 Å². The van der Waals surface area contributed by atoms with Gasteiger partial charge in [0.15, 0.2) is 0 Å². The van der Waals surface area contributed by atoms with E-state index in [1.54, 1.807) is 18.2 Å². The van der Waals surface area contributed by atoms with Gasteiger partial charge in [0.2, 0.25) is 5.82 Å². The third-order valence-electron chi connectivity index (χ3n) is 5.56. The summed E-state index contributed by atoms with van der Waals surface area (Å²) in [5, 5.41) is 6.24. The molecule has 0 fully saturated rings. The van der Waals surface area contributed by atoms with Crippen LogP contribution in [0.2, 0.25) is 0 Å². The summed E-state index contributed by atoms with van der Waals surface area (Å²) >= 11 is 0. The van der Waals surface area contributed by atoms with Crippen molar-refractivity contribution in [3.8, 4) is 22.5 Å². The molecule has 1 aromatic heterocycles. The number of rotatable bonds is 6. The Kier molecular flexibility index (Phi) is 6.43. The number of carbonyl (C=O) groups excluding carboxylic acids is 1. The van der Waals surface area contributed by atoms with E-state index in [-0.39, 0.29) is 22.8 Å². The monoisotopic (exact) mass is 483 g/mol. The molecular weight excluding hydrogens is 462 g/mol. The summed E-state index contributed by atoms with van der Waals surface area (Å²) in [7, 11) is 0. The molecule has 0 aliphatic rings. The van der Waals surface area contributed by atoms with Gasteiger partial charge in [-0.2, -0.15) is 18.2 Å². The zero-order valence-corrected chi connectivity index (χ0v) is 18.9. The maximum absolute atomic E-state index is 13.3. The van der Waals surface area contributed by atoms with Gasteiger partial charge in [0.25, 0.3) is 5.91 Å². The van der Waals surface area contributed by atoms with Crippen LogP contribution in [-0.4, -0.2) is 22.6 Å². The normalized spacial score (nSPS) is 11.9. The average Bonchev–Trinajstić information content (AvgIpc) is 3.35. The molecule has 0 aliphatic carbocycles. The Morgan fingerprint density at radius 3 is 2.29 bits per heavy atom. The van der Waals surface area contributed by atoms with Gasteiger partial charge in [0.1, 0.15) is 5.82 Å². The molecule has 3 aromatic carbocycles. The molecule has 4 aromatic rings. The molecule has 0 atom stereocenters. The molecule has 9 heteroatoms. The highest BCUT2D eigenvalue weighted by molar-refractivity contribution is 5.95. The Hall–Kier alpha value is -4.01. The van der Waals surface area contributed by atoms with E-state index in [0.29, 0.717) is 6.54 Å². The number of alkyl halides is 3. The van der Waals surface area contributed by atoms with Crippen molar-refractivity contribution in [3.05, 3.63) is 95.6 Å². The molecule has 0 saturated heterocycles. The highest BCUT2D eigenvalue weighted by atomic mass is 19.4. The van der Waals surface area contributed by atoms with Crippen molar-refractivity contribution in [2.45, 2.75) is 25.4 Å². The number of carbonyl (C=O) groups is 1. The predicted octanol–water partition coefficient (Wildman–Crippen LogP) is 6.27. The van der Waals surface area contributed by atoms with Gasteiger partial charge in [0, 0.05) is 23.1 Å². The van der Waals surface area contributed by atoms with Gasteiger partial charge < -0.3 is 9.84 Å². The second-order valence-corrected chi connectivity index (χ2v) is 8.66. The maximum atomic E-state index is 13.3. The number of aromatic nitrogens is 2. The number of nitrogens with zero attached hydrogens (tertiary/aromatic N) is 2. The zero-order chi connectivity index (χ0) is 25.2. The summed E-state index contributed by atoms with van der Waals surface area (Å²) < 4.78 is 55.7. The van der Waals surface area contributed by atoms with Crippen molar-refractivity contribution in [3.63, 3.8) is 0 Å². The first-order valence-electron chi connectivity index (χ1n) is 10.7. The van der Waals surface area contributed by atoms with Gasteiger partial charge in [-0.05, 0) is 41.0 Å². The lowest BCUT2D eigenvalue weighted by atomic mass is 9.83. The van der Waals surface area contributed by atoms with E-state index in [9.17, 15) is 22.4 Å². The number of benzene rings is 3. The molecule has 1 heterocycles. The Morgan fingerprint density at radius 1 is 0.914 bits per heavy atom. The first-order valence-corrected chi connectivity index (χ1v) is 10.7. The third kappa shape index (κ3) is 5.56. The minimum atomic E-state index is -4.75. The minimum Gasteiger partial charge on any atom is -0.351 e. The summed E-state index contributed by atoms with van der Waals surface area (Å²) in [6.45, 7) is 4.25. The van der Waals surface area contributed by atoms with E-state index in [1.165, 1.54) is 30.3 Å². The van der Waals surface area contributed by atoms with Crippen LogP contribution < -0.4 is 5.32 Å². The molecule has 35 heavy (non-hydrogen) atoms. The van der Waals surface area contributed by atoms with E-state index in [1.807, 2.05) is 38.1 Å². The van der Waals surface area contributed by atoms with E-state index in [0.717, 1.165) is 16.7 Å². The van der Waals surface area contributed by atoms with E-state index in [2.05, 4.69) is 20.0 Å². The predicted molar refractivity (Wildman–Crippen MR) is 122 cm³/mol.